The van der Waals surface area contributed by atoms with Gasteiger partial charge in [-0.1, -0.05) is 6.08 Å². The average molecular weight is 277 g/mol. The molecular weight excluding hydrogens is 262 g/mol. The molecule has 2 rings (SSSR count). The Balaban J connectivity index is 2.49. The van der Waals surface area contributed by atoms with Crippen LogP contribution in [0.4, 0.5) is 5.82 Å². The Morgan fingerprint density at radius 3 is 2.76 bits per heavy atom. The van der Waals surface area contributed by atoms with Gasteiger partial charge >= 0.3 is 0 Å². The molecule has 0 amide bonds. The summed E-state index contributed by atoms with van der Waals surface area (Å²) in [7, 11) is 0. The molecule has 0 bridgehead atoms. The lowest BCUT2D eigenvalue weighted by molar-refractivity contribution is 1.01. The fourth-order valence-corrected chi connectivity index (χ4v) is 1.96. The summed E-state index contributed by atoms with van der Waals surface area (Å²) in [6.07, 6.45) is 5.08. The molecule has 5 nitrogen and oxygen atoms in total. The highest BCUT2D eigenvalue weighted by Gasteiger charge is 2.07. The summed E-state index contributed by atoms with van der Waals surface area (Å²) in [6.45, 7) is 7.36. The number of aryl methyl sites for hydroxylation is 1. The van der Waals surface area contributed by atoms with Crippen LogP contribution in [0.25, 0.3) is 11.3 Å². The van der Waals surface area contributed by atoms with Crippen LogP contribution in [0.1, 0.15) is 18.1 Å². The highest BCUT2D eigenvalue weighted by molar-refractivity contribution is 5.65. The number of hydrazone groups is 1. The molecule has 1 aromatic carbocycles. The number of rotatable bonds is 4. The summed E-state index contributed by atoms with van der Waals surface area (Å²) in [5.41, 5.74) is 3.23. The molecule has 0 aliphatic rings. The lowest BCUT2D eigenvalue weighted by atomic mass is 10.0. The standard InChI is InChI=1S/C16H15N5/c1-4-5-21(18-3)16-9-15(19-11-20-16)14-7-12(2)6-13(8-14)10-17/h4-9,11H,3H2,1-2H3. The predicted molar refractivity (Wildman–Crippen MR) is 83.8 cm³/mol. The molecule has 5 heteroatoms. The molecule has 21 heavy (non-hydrogen) atoms. The van der Waals surface area contributed by atoms with E-state index in [1.165, 1.54) is 6.33 Å². The van der Waals surface area contributed by atoms with Crippen molar-refractivity contribution in [1.29, 1.82) is 5.26 Å². The van der Waals surface area contributed by atoms with E-state index in [1.54, 1.807) is 17.3 Å². The van der Waals surface area contributed by atoms with Crippen LogP contribution in [0.3, 0.4) is 0 Å². The van der Waals surface area contributed by atoms with Crippen molar-refractivity contribution in [2.24, 2.45) is 5.10 Å². The van der Waals surface area contributed by atoms with E-state index in [-0.39, 0.29) is 0 Å². The van der Waals surface area contributed by atoms with E-state index >= 15 is 0 Å². The van der Waals surface area contributed by atoms with Crippen molar-refractivity contribution in [2.75, 3.05) is 5.01 Å². The molecule has 0 spiro atoms. The van der Waals surface area contributed by atoms with E-state index < -0.39 is 0 Å². The molecule has 104 valence electrons. The molecule has 0 atom stereocenters. The molecule has 0 aliphatic heterocycles. The number of anilines is 1. The molecular formula is C16H15N5. The third-order valence-electron chi connectivity index (χ3n) is 2.83. The van der Waals surface area contributed by atoms with Gasteiger partial charge in [0.15, 0.2) is 5.82 Å². The van der Waals surface area contributed by atoms with Crippen LogP contribution < -0.4 is 5.01 Å². The van der Waals surface area contributed by atoms with Crippen molar-refractivity contribution < 1.29 is 0 Å². The SMILES string of the molecule is C=NN(C=CC)c1cc(-c2cc(C)cc(C#N)c2)ncn1. The van der Waals surface area contributed by atoms with Gasteiger partial charge in [0.2, 0.25) is 0 Å². The van der Waals surface area contributed by atoms with Gasteiger partial charge < -0.3 is 0 Å². The van der Waals surface area contributed by atoms with E-state index in [0.717, 1.165) is 16.8 Å². The first-order chi connectivity index (χ1) is 10.2. The summed E-state index contributed by atoms with van der Waals surface area (Å²) >= 11 is 0. The van der Waals surface area contributed by atoms with Gasteiger partial charge in [0.1, 0.15) is 6.33 Å². The van der Waals surface area contributed by atoms with Gasteiger partial charge in [-0.2, -0.15) is 10.4 Å². The second-order valence-corrected chi connectivity index (χ2v) is 4.43. The topological polar surface area (TPSA) is 65.2 Å². The quantitative estimate of drug-likeness (QED) is 0.635. The van der Waals surface area contributed by atoms with E-state index in [0.29, 0.717) is 11.4 Å². The summed E-state index contributed by atoms with van der Waals surface area (Å²) in [5.74, 6) is 0.619. The van der Waals surface area contributed by atoms with E-state index in [9.17, 15) is 0 Å². The lowest BCUT2D eigenvalue weighted by Gasteiger charge is -2.13. The maximum absolute atomic E-state index is 9.06. The van der Waals surface area contributed by atoms with E-state index in [1.807, 2.05) is 38.1 Å². The molecule has 0 unspecified atom stereocenters. The Kier molecular flexibility index (Phi) is 4.42. The highest BCUT2D eigenvalue weighted by atomic mass is 15.5. The summed E-state index contributed by atoms with van der Waals surface area (Å²) in [4.78, 5) is 8.45. The van der Waals surface area contributed by atoms with Crippen LogP contribution in [0, 0.1) is 18.3 Å². The molecule has 0 saturated heterocycles. The van der Waals surface area contributed by atoms with Crippen molar-refractivity contribution in [3.8, 4) is 17.3 Å². The first-order valence-electron chi connectivity index (χ1n) is 6.41. The van der Waals surface area contributed by atoms with Gasteiger partial charge in [0.25, 0.3) is 0 Å². The van der Waals surface area contributed by atoms with Crippen LogP contribution in [0.15, 0.2) is 48.0 Å². The maximum atomic E-state index is 9.06. The number of hydrogen-bond acceptors (Lipinski definition) is 5. The third kappa shape index (κ3) is 3.31. The van der Waals surface area contributed by atoms with Gasteiger partial charge in [-0.3, -0.25) is 0 Å². The monoisotopic (exact) mass is 277 g/mol. The zero-order valence-corrected chi connectivity index (χ0v) is 12.0. The molecule has 0 fully saturated rings. The van der Waals surface area contributed by atoms with Gasteiger partial charge in [-0.25, -0.2) is 15.0 Å². The van der Waals surface area contributed by atoms with Crippen LogP contribution in [0.2, 0.25) is 0 Å². The molecule has 0 radical (unpaired) electrons. The molecule has 2 aromatic rings. The first-order valence-corrected chi connectivity index (χ1v) is 6.41. The number of benzene rings is 1. The summed E-state index contributed by atoms with van der Waals surface area (Å²) in [6, 6.07) is 9.59. The van der Waals surface area contributed by atoms with E-state index in [4.69, 9.17) is 5.26 Å². The van der Waals surface area contributed by atoms with Crippen LogP contribution in [-0.4, -0.2) is 16.7 Å². The Morgan fingerprint density at radius 2 is 2.10 bits per heavy atom. The van der Waals surface area contributed by atoms with Crippen molar-refractivity contribution in [3.05, 3.63) is 54.0 Å². The van der Waals surface area contributed by atoms with Crippen molar-refractivity contribution in [2.45, 2.75) is 13.8 Å². The van der Waals surface area contributed by atoms with Crippen molar-refractivity contribution in [3.63, 3.8) is 0 Å². The van der Waals surface area contributed by atoms with Crippen molar-refractivity contribution >= 4 is 12.5 Å². The predicted octanol–water partition coefficient (Wildman–Crippen LogP) is 3.28. The number of allylic oxidation sites excluding steroid dienone is 1. The van der Waals surface area contributed by atoms with Gasteiger partial charge in [-0.05, 0) is 37.6 Å². The first kappa shape index (κ1) is 14.4. The maximum Gasteiger partial charge on any atom is 0.157 e. The minimum atomic E-state index is 0.609. The molecule has 1 aromatic heterocycles. The fourth-order valence-electron chi connectivity index (χ4n) is 1.96. The number of aromatic nitrogens is 2. The lowest BCUT2D eigenvalue weighted by Crippen LogP contribution is -2.08. The molecule has 0 saturated carbocycles. The van der Waals surface area contributed by atoms with Crippen LogP contribution in [-0.2, 0) is 0 Å². The summed E-state index contributed by atoms with van der Waals surface area (Å²) < 4.78 is 0. The minimum Gasteiger partial charge on any atom is -0.236 e. The van der Waals surface area contributed by atoms with Gasteiger partial charge in [0, 0.05) is 24.5 Å². The van der Waals surface area contributed by atoms with Crippen LogP contribution >= 0.6 is 0 Å². The molecule has 1 heterocycles. The largest absolute Gasteiger partial charge is 0.236 e. The fraction of sp³-hybridized carbons (Fsp3) is 0.125. The molecule has 0 N–H and O–H groups in total. The summed E-state index contributed by atoms with van der Waals surface area (Å²) in [5, 5.41) is 14.5. The Hall–Kier alpha value is -3.00. The van der Waals surface area contributed by atoms with Crippen molar-refractivity contribution in [1.82, 2.24) is 9.97 Å². The Labute approximate surface area is 123 Å². The average Bonchev–Trinajstić information content (AvgIpc) is 2.52. The number of nitriles is 1. The second-order valence-electron chi connectivity index (χ2n) is 4.43. The van der Waals surface area contributed by atoms with Crippen LogP contribution in [0.5, 0.6) is 0 Å². The minimum absolute atomic E-state index is 0.609. The third-order valence-corrected chi connectivity index (χ3v) is 2.83. The Bertz CT molecular complexity index is 728. The number of hydrogen-bond donors (Lipinski definition) is 0. The number of nitrogens with zero attached hydrogens (tertiary/aromatic N) is 5. The zero-order valence-electron chi connectivity index (χ0n) is 12.0. The smallest absolute Gasteiger partial charge is 0.157 e. The zero-order chi connectivity index (χ0) is 15.2. The normalized spacial score (nSPS) is 10.3. The second kappa shape index (κ2) is 6.44. The van der Waals surface area contributed by atoms with E-state index in [2.05, 4.69) is 27.9 Å². The van der Waals surface area contributed by atoms with Gasteiger partial charge in [-0.15, -0.1) is 0 Å². The molecule has 0 aliphatic carbocycles. The highest BCUT2D eigenvalue weighted by Crippen LogP contribution is 2.23. The Morgan fingerprint density at radius 1 is 1.29 bits per heavy atom. The van der Waals surface area contributed by atoms with Gasteiger partial charge in [0.05, 0.1) is 17.3 Å².